The molecule has 14 heavy (non-hydrogen) atoms. The molecule has 2 aliphatic carbocycles. The number of nitrogens with one attached hydrogen (secondary N) is 1. The molecule has 3 unspecified atom stereocenters. The first kappa shape index (κ1) is 9.17. The lowest BCUT2D eigenvalue weighted by Crippen LogP contribution is -2.36. The van der Waals surface area contributed by atoms with Crippen LogP contribution >= 0.6 is 0 Å². The van der Waals surface area contributed by atoms with Gasteiger partial charge in [-0.1, -0.05) is 19.3 Å². The summed E-state index contributed by atoms with van der Waals surface area (Å²) in [5.74, 6) is 0.835. The van der Waals surface area contributed by atoms with E-state index in [0.29, 0.717) is 12.2 Å². The summed E-state index contributed by atoms with van der Waals surface area (Å²) in [6.07, 6.45) is 10.7. The lowest BCUT2D eigenvalue weighted by molar-refractivity contribution is -0.0507. The zero-order valence-electron chi connectivity index (χ0n) is 8.87. The SMILES string of the molecule is C1CCC(OC2CC3CC2CN3)CC1. The van der Waals surface area contributed by atoms with Crippen LogP contribution in [0, 0.1) is 5.92 Å². The number of hydrogen-bond acceptors (Lipinski definition) is 2. The first-order chi connectivity index (χ1) is 6.92. The van der Waals surface area contributed by atoms with E-state index in [0.717, 1.165) is 12.0 Å². The molecule has 2 bridgehead atoms. The van der Waals surface area contributed by atoms with Crippen LogP contribution in [-0.4, -0.2) is 24.8 Å². The Morgan fingerprint density at radius 3 is 2.50 bits per heavy atom. The fourth-order valence-electron chi connectivity index (χ4n) is 3.40. The lowest BCUT2D eigenvalue weighted by Gasteiger charge is -2.30. The largest absolute Gasteiger partial charge is 0.375 e. The zero-order chi connectivity index (χ0) is 9.38. The van der Waals surface area contributed by atoms with Gasteiger partial charge in [-0.15, -0.1) is 0 Å². The molecule has 3 atom stereocenters. The molecular weight excluding hydrogens is 174 g/mol. The van der Waals surface area contributed by atoms with E-state index in [1.165, 1.54) is 51.5 Å². The third-order valence-corrected chi connectivity index (χ3v) is 4.22. The Bertz CT molecular complexity index is 200. The van der Waals surface area contributed by atoms with E-state index >= 15 is 0 Å². The Hall–Kier alpha value is -0.0800. The average Bonchev–Trinajstić information content (AvgIpc) is 2.81. The maximum Gasteiger partial charge on any atom is 0.0634 e. The van der Waals surface area contributed by atoms with Crippen molar-refractivity contribution in [2.75, 3.05) is 6.54 Å². The van der Waals surface area contributed by atoms with Crippen LogP contribution in [0.25, 0.3) is 0 Å². The van der Waals surface area contributed by atoms with Crippen molar-refractivity contribution in [3.63, 3.8) is 0 Å². The van der Waals surface area contributed by atoms with Crippen LogP contribution in [0.1, 0.15) is 44.9 Å². The van der Waals surface area contributed by atoms with E-state index < -0.39 is 0 Å². The molecule has 3 aliphatic rings. The van der Waals surface area contributed by atoms with Gasteiger partial charge in [0.25, 0.3) is 0 Å². The summed E-state index contributed by atoms with van der Waals surface area (Å²) in [5, 5.41) is 3.54. The molecule has 3 rings (SSSR count). The molecule has 0 aromatic carbocycles. The molecule has 1 aliphatic heterocycles. The molecule has 0 aromatic rings. The Morgan fingerprint density at radius 2 is 1.86 bits per heavy atom. The van der Waals surface area contributed by atoms with Crippen molar-refractivity contribution >= 4 is 0 Å². The summed E-state index contributed by atoms with van der Waals surface area (Å²) in [4.78, 5) is 0. The highest BCUT2D eigenvalue weighted by Gasteiger charge is 2.41. The fourth-order valence-corrected chi connectivity index (χ4v) is 3.40. The van der Waals surface area contributed by atoms with Crippen molar-refractivity contribution in [1.82, 2.24) is 5.32 Å². The van der Waals surface area contributed by atoms with Gasteiger partial charge in [0.1, 0.15) is 0 Å². The Morgan fingerprint density at radius 1 is 1.00 bits per heavy atom. The van der Waals surface area contributed by atoms with E-state index in [4.69, 9.17) is 4.74 Å². The van der Waals surface area contributed by atoms with Gasteiger partial charge in [0, 0.05) is 12.6 Å². The van der Waals surface area contributed by atoms with Gasteiger partial charge in [-0.3, -0.25) is 0 Å². The topological polar surface area (TPSA) is 21.3 Å². The monoisotopic (exact) mass is 195 g/mol. The van der Waals surface area contributed by atoms with Crippen LogP contribution in [0.3, 0.4) is 0 Å². The van der Waals surface area contributed by atoms with Crippen molar-refractivity contribution < 1.29 is 4.74 Å². The molecule has 1 N–H and O–H groups in total. The molecule has 80 valence electrons. The minimum atomic E-state index is 0.601. The molecule has 0 spiro atoms. The van der Waals surface area contributed by atoms with E-state index in [-0.39, 0.29) is 0 Å². The second kappa shape index (κ2) is 3.82. The van der Waals surface area contributed by atoms with E-state index in [1.54, 1.807) is 0 Å². The van der Waals surface area contributed by atoms with Crippen LogP contribution in [0.5, 0.6) is 0 Å². The highest BCUT2D eigenvalue weighted by molar-refractivity contribution is 4.96. The first-order valence-corrected chi connectivity index (χ1v) is 6.30. The van der Waals surface area contributed by atoms with Gasteiger partial charge in [-0.25, -0.2) is 0 Å². The van der Waals surface area contributed by atoms with Gasteiger partial charge >= 0.3 is 0 Å². The van der Waals surface area contributed by atoms with Gasteiger partial charge in [0.2, 0.25) is 0 Å². The summed E-state index contributed by atoms with van der Waals surface area (Å²) >= 11 is 0. The van der Waals surface area contributed by atoms with Crippen molar-refractivity contribution in [2.24, 2.45) is 5.92 Å². The van der Waals surface area contributed by atoms with Crippen molar-refractivity contribution in [2.45, 2.75) is 63.2 Å². The third-order valence-electron chi connectivity index (χ3n) is 4.22. The maximum absolute atomic E-state index is 6.25. The molecule has 1 heterocycles. The summed E-state index contributed by atoms with van der Waals surface area (Å²) < 4.78 is 6.25. The van der Waals surface area contributed by atoms with Crippen molar-refractivity contribution in [1.29, 1.82) is 0 Å². The quantitative estimate of drug-likeness (QED) is 0.728. The molecule has 1 saturated heterocycles. The summed E-state index contributed by atoms with van der Waals surface area (Å²) in [7, 11) is 0. The molecule has 3 fully saturated rings. The van der Waals surface area contributed by atoms with Crippen LogP contribution in [0.15, 0.2) is 0 Å². The summed E-state index contributed by atoms with van der Waals surface area (Å²) in [6.45, 7) is 1.21. The number of piperidine rings is 1. The highest BCUT2D eigenvalue weighted by Crippen LogP contribution is 2.35. The molecule has 2 saturated carbocycles. The third kappa shape index (κ3) is 1.70. The van der Waals surface area contributed by atoms with Crippen molar-refractivity contribution in [3.8, 4) is 0 Å². The normalized spacial score (nSPS) is 43.3. The maximum atomic E-state index is 6.25. The van der Waals surface area contributed by atoms with Gasteiger partial charge < -0.3 is 10.1 Å². The number of hydrogen-bond donors (Lipinski definition) is 1. The number of rotatable bonds is 2. The lowest BCUT2D eigenvalue weighted by atomic mass is 9.97. The molecule has 2 heteroatoms. The van der Waals surface area contributed by atoms with Crippen LogP contribution < -0.4 is 5.32 Å². The Labute approximate surface area is 86.4 Å². The van der Waals surface area contributed by atoms with E-state index in [2.05, 4.69) is 5.32 Å². The predicted molar refractivity (Wildman–Crippen MR) is 56.3 cm³/mol. The number of ether oxygens (including phenoxy) is 1. The highest BCUT2D eigenvalue weighted by atomic mass is 16.5. The summed E-state index contributed by atoms with van der Waals surface area (Å²) in [5.41, 5.74) is 0. The second-order valence-electron chi connectivity index (χ2n) is 5.27. The van der Waals surface area contributed by atoms with Gasteiger partial charge in [0.05, 0.1) is 12.2 Å². The van der Waals surface area contributed by atoms with Crippen LogP contribution in [0.2, 0.25) is 0 Å². The van der Waals surface area contributed by atoms with E-state index in [1.807, 2.05) is 0 Å². The zero-order valence-corrected chi connectivity index (χ0v) is 8.87. The van der Waals surface area contributed by atoms with Gasteiger partial charge in [-0.2, -0.15) is 0 Å². The average molecular weight is 195 g/mol. The van der Waals surface area contributed by atoms with Crippen molar-refractivity contribution in [3.05, 3.63) is 0 Å². The van der Waals surface area contributed by atoms with Gasteiger partial charge in [-0.05, 0) is 31.6 Å². The Balaban J connectivity index is 1.52. The Kier molecular flexibility index (Phi) is 2.50. The molecular formula is C12H21NO. The first-order valence-electron chi connectivity index (χ1n) is 6.30. The fraction of sp³-hybridized carbons (Fsp3) is 1.00. The smallest absolute Gasteiger partial charge is 0.0634 e. The number of fused-ring (bicyclic) bond motifs is 2. The van der Waals surface area contributed by atoms with E-state index in [9.17, 15) is 0 Å². The molecule has 0 aromatic heterocycles. The van der Waals surface area contributed by atoms with Crippen LogP contribution in [-0.2, 0) is 4.74 Å². The van der Waals surface area contributed by atoms with Gasteiger partial charge in [0.15, 0.2) is 0 Å². The second-order valence-corrected chi connectivity index (χ2v) is 5.27. The molecule has 2 nitrogen and oxygen atoms in total. The molecule has 0 amide bonds. The summed E-state index contributed by atoms with van der Waals surface area (Å²) in [6, 6.07) is 0.786. The predicted octanol–water partition coefficient (Wildman–Crippen LogP) is 2.09. The standard InChI is InChI=1S/C12H21NO/c1-2-4-11(5-3-1)14-12-7-10-6-9(12)8-13-10/h9-13H,1-8H2. The molecule has 0 radical (unpaired) electrons. The minimum Gasteiger partial charge on any atom is -0.375 e. The minimum absolute atomic E-state index is 0.601. The van der Waals surface area contributed by atoms with Crippen LogP contribution in [0.4, 0.5) is 0 Å².